The lowest BCUT2D eigenvalue weighted by Gasteiger charge is -2.09. The summed E-state index contributed by atoms with van der Waals surface area (Å²) in [6, 6.07) is 11.2. The number of carbonyl (C=O) groups is 2. The number of anilines is 3. The number of nitrogens with two attached hydrogens (primary N) is 1. The van der Waals surface area contributed by atoms with Gasteiger partial charge in [-0.05, 0) is 38.1 Å². The van der Waals surface area contributed by atoms with E-state index in [1.807, 2.05) is 31.2 Å². The molecule has 2 aromatic heterocycles. The first kappa shape index (κ1) is 19.5. The minimum Gasteiger partial charge on any atom is -0.467 e. The molecule has 0 spiro atoms. The number of rotatable bonds is 7. The molecule has 8 heteroatoms. The van der Waals surface area contributed by atoms with Crippen LogP contribution in [0.15, 0.2) is 47.1 Å². The van der Waals surface area contributed by atoms with Crippen LogP contribution in [0.25, 0.3) is 0 Å². The van der Waals surface area contributed by atoms with Gasteiger partial charge in [-0.1, -0.05) is 17.7 Å². The molecule has 0 fully saturated rings. The van der Waals surface area contributed by atoms with E-state index in [1.165, 1.54) is 6.26 Å². The van der Waals surface area contributed by atoms with Gasteiger partial charge in [-0.3, -0.25) is 4.79 Å². The lowest BCUT2D eigenvalue weighted by Crippen LogP contribution is -2.24. The van der Waals surface area contributed by atoms with Gasteiger partial charge in [-0.2, -0.15) is 0 Å². The second kappa shape index (κ2) is 8.62. The highest BCUT2D eigenvalue weighted by molar-refractivity contribution is 7.19. The van der Waals surface area contributed by atoms with E-state index < -0.39 is 11.9 Å². The second-order valence-electron chi connectivity index (χ2n) is 6.02. The number of nitrogen functional groups attached to an aromatic ring is 1. The summed E-state index contributed by atoms with van der Waals surface area (Å²) >= 11 is 1.09. The van der Waals surface area contributed by atoms with Crippen LogP contribution in [0.4, 0.5) is 16.4 Å². The summed E-state index contributed by atoms with van der Waals surface area (Å²) in [5, 5.41) is 6.42. The summed E-state index contributed by atoms with van der Waals surface area (Å²) in [7, 11) is 0. The Hall–Kier alpha value is -3.26. The molecule has 2 heterocycles. The van der Waals surface area contributed by atoms with Crippen LogP contribution in [-0.2, 0) is 11.3 Å². The van der Waals surface area contributed by atoms with Crippen molar-refractivity contribution in [2.45, 2.75) is 20.4 Å². The van der Waals surface area contributed by atoms with Gasteiger partial charge in [-0.25, -0.2) is 4.79 Å². The van der Waals surface area contributed by atoms with Crippen molar-refractivity contribution in [3.05, 3.63) is 64.4 Å². The van der Waals surface area contributed by atoms with E-state index in [2.05, 4.69) is 10.6 Å². The molecule has 7 nitrogen and oxygen atoms in total. The largest absolute Gasteiger partial charge is 0.467 e. The zero-order valence-electron chi connectivity index (χ0n) is 15.6. The molecule has 0 saturated heterocycles. The van der Waals surface area contributed by atoms with E-state index in [-0.39, 0.29) is 29.3 Å². The molecule has 28 heavy (non-hydrogen) atoms. The summed E-state index contributed by atoms with van der Waals surface area (Å²) < 4.78 is 10.3. The first-order chi connectivity index (χ1) is 13.5. The molecule has 4 N–H and O–H groups in total. The molecule has 0 aliphatic carbocycles. The molecule has 3 aromatic rings. The number of thiophene rings is 1. The normalized spacial score (nSPS) is 10.5. The number of esters is 1. The van der Waals surface area contributed by atoms with E-state index in [1.54, 1.807) is 19.1 Å². The predicted octanol–water partition coefficient (Wildman–Crippen LogP) is 4.08. The van der Waals surface area contributed by atoms with Crippen molar-refractivity contribution in [3.8, 4) is 0 Å². The van der Waals surface area contributed by atoms with Gasteiger partial charge in [0.25, 0.3) is 5.91 Å². The Labute approximate surface area is 166 Å². The van der Waals surface area contributed by atoms with Crippen molar-refractivity contribution in [1.29, 1.82) is 0 Å². The van der Waals surface area contributed by atoms with E-state index >= 15 is 0 Å². The standard InChI is InChI=1S/C20H21N3O4S/c1-3-26-20(25)17-16(21)15(18(24)22-11-14-5-4-10-27-14)19(28-17)23-13-8-6-12(2)7-9-13/h4-10,23H,3,11,21H2,1-2H3,(H,22,24). The quantitative estimate of drug-likeness (QED) is 0.517. The molecule has 0 radical (unpaired) electrons. The molecule has 0 atom stereocenters. The average Bonchev–Trinajstić information content (AvgIpc) is 3.30. The lowest BCUT2D eigenvalue weighted by molar-refractivity contribution is 0.0533. The van der Waals surface area contributed by atoms with Crippen LogP contribution in [0.1, 0.15) is 38.3 Å². The van der Waals surface area contributed by atoms with Crippen molar-refractivity contribution < 1.29 is 18.7 Å². The fourth-order valence-corrected chi connectivity index (χ4v) is 3.57. The number of aryl methyl sites for hydroxylation is 1. The summed E-state index contributed by atoms with van der Waals surface area (Å²) in [5.74, 6) is -0.349. The number of nitrogens with one attached hydrogen (secondary N) is 2. The van der Waals surface area contributed by atoms with Crippen LogP contribution < -0.4 is 16.4 Å². The van der Waals surface area contributed by atoms with Crippen LogP contribution in [0.5, 0.6) is 0 Å². The molecule has 146 valence electrons. The average molecular weight is 399 g/mol. The monoisotopic (exact) mass is 399 g/mol. The number of benzene rings is 1. The highest BCUT2D eigenvalue weighted by Gasteiger charge is 2.26. The molecule has 0 unspecified atom stereocenters. The highest BCUT2D eigenvalue weighted by atomic mass is 32.1. The maximum atomic E-state index is 12.8. The summed E-state index contributed by atoms with van der Waals surface area (Å²) in [5.41, 5.74) is 8.34. The second-order valence-corrected chi connectivity index (χ2v) is 7.04. The predicted molar refractivity (Wildman–Crippen MR) is 109 cm³/mol. The third-order valence-electron chi connectivity index (χ3n) is 3.95. The minimum atomic E-state index is -0.554. The Morgan fingerprint density at radius 2 is 1.96 bits per heavy atom. The van der Waals surface area contributed by atoms with Gasteiger partial charge < -0.3 is 25.5 Å². The molecule has 1 aromatic carbocycles. The fraction of sp³-hybridized carbons (Fsp3) is 0.200. The zero-order chi connectivity index (χ0) is 20.1. The number of furan rings is 1. The Bertz CT molecular complexity index is 962. The van der Waals surface area contributed by atoms with Gasteiger partial charge in [-0.15, -0.1) is 11.3 Å². The maximum absolute atomic E-state index is 12.8. The van der Waals surface area contributed by atoms with E-state index in [0.29, 0.717) is 10.8 Å². The molecule has 0 aliphatic rings. The van der Waals surface area contributed by atoms with Gasteiger partial charge in [0.1, 0.15) is 15.6 Å². The van der Waals surface area contributed by atoms with Gasteiger partial charge in [0.15, 0.2) is 0 Å². The molecule has 0 saturated carbocycles. The minimum absolute atomic E-state index is 0.0926. The molecule has 0 bridgehead atoms. The van der Waals surface area contributed by atoms with Crippen LogP contribution in [0.3, 0.4) is 0 Å². The molecule has 0 aliphatic heterocycles. The number of ether oxygens (including phenoxy) is 1. The Morgan fingerprint density at radius 3 is 2.61 bits per heavy atom. The third-order valence-corrected chi connectivity index (χ3v) is 5.05. The number of carbonyl (C=O) groups excluding carboxylic acids is 2. The first-order valence-electron chi connectivity index (χ1n) is 8.73. The van der Waals surface area contributed by atoms with Crippen LogP contribution in [0, 0.1) is 6.92 Å². The number of amides is 1. The first-order valence-corrected chi connectivity index (χ1v) is 9.55. The van der Waals surface area contributed by atoms with E-state index in [9.17, 15) is 9.59 Å². The molecule has 1 amide bonds. The van der Waals surface area contributed by atoms with Gasteiger partial charge in [0.05, 0.1) is 30.7 Å². The van der Waals surface area contributed by atoms with E-state index in [0.717, 1.165) is 22.6 Å². The number of hydrogen-bond acceptors (Lipinski definition) is 7. The van der Waals surface area contributed by atoms with Crippen LogP contribution in [0.2, 0.25) is 0 Å². The highest BCUT2D eigenvalue weighted by Crippen LogP contribution is 2.38. The molecular formula is C20H21N3O4S. The van der Waals surface area contributed by atoms with Gasteiger partial charge in [0.2, 0.25) is 0 Å². The van der Waals surface area contributed by atoms with Crippen molar-refractivity contribution in [3.63, 3.8) is 0 Å². The fourth-order valence-electron chi connectivity index (χ4n) is 2.54. The lowest BCUT2D eigenvalue weighted by atomic mass is 10.2. The summed E-state index contributed by atoms with van der Waals surface area (Å²) in [6.45, 7) is 4.13. The Kier molecular flexibility index (Phi) is 6.00. The smallest absolute Gasteiger partial charge is 0.350 e. The number of hydrogen-bond donors (Lipinski definition) is 3. The van der Waals surface area contributed by atoms with Crippen molar-refractivity contribution >= 4 is 39.6 Å². The Morgan fingerprint density at radius 1 is 1.21 bits per heavy atom. The summed E-state index contributed by atoms with van der Waals surface area (Å²) in [6.07, 6.45) is 1.53. The Balaban J connectivity index is 1.91. The summed E-state index contributed by atoms with van der Waals surface area (Å²) in [4.78, 5) is 25.2. The molecule has 3 rings (SSSR count). The maximum Gasteiger partial charge on any atom is 0.350 e. The van der Waals surface area contributed by atoms with Crippen molar-refractivity contribution in [2.24, 2.45) is 0 Å². The van der Waals surface area contributed by atoms with Gasteiger partial charge >= 0.3 is 5.97 Å². The van der Waals surface area contributed by atoms with Crippen molar-refractivity contribution in [2.75, 3.05) is 17.7 Å². The van der Waals surface area contributed by atoms with Crippen LogP contribution >= 0.6 is 11.3 Å². The zero-order valence-corrected chi connectivity index (χ0v) is 16.4. The van der Waals surface area contributed by atoms with E-state index in [4.69, 9.17) is 14.9 Å². The topological polar surface area (TPSA) is 107 Å². The van der Waals surface area contributed by atoms with Crippen LogP contribution in [-0.4, -0.2) is 18.5 Å². The molecular weight excluding hydrogens is 378 g/mol. The van der Waals surface area contributed by atoms with Gasteiger partial charge in [0, 0.05) is 5.69 Å². The third kappa shape index (κ3) is 4.34. The van der Waals surface area contributed by atoms with Crippen molar-refractivity contribution in [1.82, 2.24) is 5.32 Å². The SMILES string of the molecule is CCOC(=O)c1sc(Nc2ccc(C)cc2)c(C(=O)NCc2ccco2)c1N.